The molecular weight excluding hydrogens is 304 g/mol. The number of hydrogen-bond acceptors (Lipinski definition) is 6. The van der Waals surface area contributed by atoms with Crippen LogP contribution in [0.15, 0.2) is 11.6 Å². The normalized spacial score (nSPS) is 13.7. The molecular formula is C12H24O6S2. The largest absolute Gasteiger partial charge is 0.270 e. The Labute approximate surface area is 122 Å². The van der Waals surface area contributed by atoms with Crippen LogP contribution in [0.3, 0.4) is 0 Å². The lowest BCUT2D eigenvalue weighted by Gasteiger charge is -2.08. The van der Waals surface area contributed by atoms with Crippen LogP contribution in [0.5, 0.6) is 0 Å². The Morgan fingerprint density at radius 2 is 1.60 bits per heavy atom. The first kappa shape index (κ1) is 19.6. The summed E-state index contributed by atoms with van der Waals surface area (Å²) in [7, 11) is -6.99. The zero-order valence-electron chi connectivity index (χ0n) is 12.3. The van der Waals surface area contributed by atoms with Crippen LogP contribution in [0.1, 0.15) is 39.0 Å². The maximum absolute atomic E-state index is 11.0. The van der Waals surface area contributed by atoms with E-state index >= 15 is 0 Å². The molecule has 120 valence electrons. The molecule has 0 aliphatic rings. The van der Waals surface area contributed by atoms with Gasteiger partial charge in [-0.05, 0) is 24.8 Å². The van der Waals surface area contributed by atoms with Gasteiger partial charge >= 0.3 is 0 Å². The van der Waals surface area contributed by atoms with Crippen molar-refractivity contribution in [1.29, 1.82) is 0 Å². The van der Waals surface area contributed by atoms with Crippen molar-refractivity contribution in [2.75, 3.05) is 25.7 Å². The minimum Gasteiger partial charge on any atom is -0.270 e. The van der Waals surface area contributed by atoms with E-state index in [0.29, 0.717) is 6.42 Å². The van der Waals surface area contributed by atoms with Gasteiger partial charge in [0.1, 0.15) is 0 Å². The first-order valence-electron chi connectivity index (χ1n) is 6.50. The summed E-state index contributed by atoms with van der Waals surface area (Å²) in [4.78, 5) is 0. The molecule has 0 N–H and O–H groups in total. The van der Waals surface area contributed by atoms with E-state index in [1.807, 2.05) is 6.08 Å². The third-order valence-corrected chi connectivity index (χ3v) is 3.56. The van der Waals surface area contributed by atoms with Crippen LogP contribution in [0.25, 0.3) is 0 Å². The van der Waals surface area contributed by atoms with Gasteiger partial charge in [0, 0.05) is 0 Å². The van der Waals surface area contributed by atoms with Crippen molar-refractivity contribution in [3.8, 4) is 0 Å². The van der Waals surface area contributed by atoms with Gasteiger partial charge in [0.2, 0.25) is 0 Å². The third kappa shape index (κ3) is 14.0. The fourth-order valence-corrected chi connectivity index (χ4v) is 2.19. The summed E-state index contributed by atoms with van der Waals surface area (Å²) in [5.74, 6) is 0. The number of hydrogen-bond donors (Lipinski definition) is 0. The summed E-state index contributed by atoms with van der Waals surface area (Å²) in [5, 5.41) is 0. The van der Waals surface area contributed by atoms with Crippen molar-refractivity contribution in [2.45, 2.75) is 39.0 Å². The van der Waals surface area contributed by atoms with E-state index < -0.39 is 20.2 Å². The van der Waals surface area contributed by atoms with Gasteiger partial charge in [-0.3, -0.25) is 8.37 Å². The summed E-state index contributed by atoms with van der Waals surface area (Å²) >= 11 is 0. The highest BCUT2D eigenvalue weighted by Crippen LogP contribution is 2.10. The molecule has 0 heterocycles. The average Bonchev–Trinajstić information content (AvgIpc) is 2.28. The molecule has 6 nitrogen and oxygen atoms in total. The lowest BCUT2D eigenvalue weighted by atomic mass is 10.1. The number of unbranched alkanes of at least 4 members (excludes halogenated alkanes) is 3. The van der Waals surface area contributed by atoms with Crippen molar-refractivity contribution in [2.24, 2.45) is 0 Å². The van der Waals surface area contributed by atoms with Gasteiger partial charge in [0.25, 0.3) is 20.2 Å². The van der Waals surface area contributed by atoms with Gasteiger partial charge in [-0.15, -0.1) is 0 Å². The zero-order chi connectivity index (χ0) is 15.6. The van der Waals surface area contributed by atoms with E-state index in [1.165, 1.54) is 0 Å². The highest BCUT2D eigenvalue weighted by molar-refractivity contribution is 7.86. The molecule has 0 radical (unpaired) electrons. The maximum atomic E-state index is 11.0. The molecule has 0 bridgehead atoms. The monoisotopic (exact) mass is 328 g/mol. The van der Waals surface area contributed by atoms with E-state index in [9.17, 15) is 16.8 Å². The van der Waals surface area contributed by atoms with Crippen LogP contribution >= 0.6 is 0 Å². The van der Waals surface area contributed by atoms with Crippen LogP contribution in [0, 0.1) is 0 Å². The third-order valence-electron chi connectivity index (χ3n) is 2.42. The second kappa shape index (κ2) is 9.49. The fourth-order valence-electron chi connectivity index (χ4n) is 1.44. The van der Waals surface area contributed by atoms with Gasteiger partial charge in [0.05, 0.1) is 25.7 Å². The molecule has 0 amide bonds. The van der Waals surface area contributed by atoms with Crippen LogP contribution in [0.2, 0.25) is 0 Å². The predicted octanol–water partition coefficient (Wildman–Crippen LogP) is 1.84. The summed E-state index contributed by atoms with van der Waals surface area (Å²) in [6, 6.07) is 0. The smallest absolute Gasteiger partial charge is 0.264 e. The Morgan fingerprint density at radius 3 is 2.10 bits per heavy atom. The summed E-state index contributed by atoms with van der Waals surface area (Å²) < 4.78 is 53.0. The van der Waals surface area contributed by atoms with Gasteiger partial charge in [-0.2, -0.15) is 16.8 Å². The molecule has 0 aromatic carbocycles. The van der Waals surface area contributed by atoms with Gasteiger partial charge < -0.3 is 0 Å². The standard InChI is InChI=1S/C12H24O6S2/c1-4-5-6-7-8-12(11-18-20(3,15)16)9-10-17-19(2,13)14/h8H,4-7,9-11H2,1-3H3/b12-8+. The van der Waals surface area contributed by atoms with Crippen molar-refractivity contribution < 1.29 is 25.2 Å². The lowest BCUT2D eigenvalue weighted by Crippen LogP contribution is -2.10. The van der Waals surface area contributed by atoms with Crippen molar-refractivity contribution >= 4 is 20.2 Å². The second-order valence-electron chi connectivity index (χ2n) is 4.60. The summed E-state index contributed by atoms with van der Waals surface area (Å²) in [6.45, 7) is 2.03. The van der Waals surface area contributed by atoms with Crippen LogP contribution in [0.4, 0.5) is 0 Å². The van der Waals surface area contributed by atoms with Gasteiger partial charge in [-0.1, -0.05) is 25.8 Å². The van der Waals surface area contributed by atoms with Crippen molar-refractivity contribution in [1.82, 2.24) is 0 Å². The first-order valence-corrected chi connectivity index (χ1v) is 10.1. The molecule has 0 fully saturated rings. The minimum atomic E-state index is -3.51. The molecule has 0 aliphatic carbocycles. The zero-order valence-corrected chi connectivity index (χ0v) is 13.9. The fraction of sp³-hybridized carbons (Fsp3) is 0.833. The Bertz CT molecular complexity index is 490. The van der Waals surface area contributed by atoms with Crippen LogP contribution in [-0.2, 0) is 28.6 Å². The number of rotatable bonds is 11. The van der Waals surface area contributed by atoms with E-state index in [2.05, 4.69) is 11.1 Å². The molecule has 0 unspecified atom stereocenters. The lowest BCUT2D eigenvalue weighted by molar-refractivity contribution is 0.306. The highest BCUT2D eigenvalue weighted by atomic mass is 32.2. The Hall–Kier alpha value is -0.440. The summed E-state index contributed by atoms with van der Waals surface area (Å²) in [5.41, 5.74) is 0.732. The van der Waals surface area contributed by atoms with Crippen molar-refractivity contribution in [3.05, 3.63) is 11.6 Å². The Morgan fingerprint density at radius 1 is 1.00 bits per heavy atom. The maximum Gasteiger partial charge on any atom is 0.264 e. The number of allylic oxidation sites excluding steroid dienone is 1. The molecule has 0 aromatic heterocycles. The van der Waals surface area contributed by atoms with Gasteiger partial charge in [0.15, 0.2) is 0 Å². The van der Waals surface area contributed by atoms with Crippen LogP contribution in [-0.4, -0.2) is 42.6 Å². The summed E-state index contributed by atoms with van der Waals surface area (Å²) in [6.07, 6.45) is 8.19. The molecule has 8 heteroatoms. The quantitative estimate of drug-likeness (QED) is 0.327. The van der Waals surface area contributed by atoms with Crippen LogP contribution < -0.4 is 0 Å². The molecule has 0 aromatic rings. The Kier molecular flexibility index (Phi) is 9.28. The topological polar surface area (TPSA) is 86.7 Å². The molecule has 0 aliphatic heterocycles. The van der Waals surface area contributed by atoms with E-state index in [4.69, 9.17) is 4.18 Å². The highest BCUT2D eigenvalue weighted by Gasteiger charge is 2.07. The molecule has 0 saturated heterocycles. The minimum absolute atomic E-state index is 0.00837. The molecule has 0 rings (SSSR count). The molecule has 0 saturated carbocycles. The Balaban J connectivity index is 4.38. The van der Waals surface area contributed by atoms with E-state index in [0.717, 1.165) is 43.8 Å². The predicted molar refractivity (Wildman–Crippen MR) is 78.4 cm³/mol. The van der Waals surface area contributed by atoms with E-state index in [1.54, 1.807) is 0 Å². The SMILES string of the molecule is CCCCC/C=C(\CCOS(C)(=O)=O)COS(C)(=O)=O. The van der Waals surface area contributed by atoms with Crippen molar-refractivity contribution in [3.63, 3.8) is 0 Å². The van der Waals surface area contributed by atoms with Gasteiger partial charge in [-0.25, -0.2) is 0 Å². The molecule has 0 spiro atoms. The average molecular weight is 328 g/mol. The first-order chi connectivity index (χ1) is 9.14. The van der Waals surface area contributed by atoms with E-state index in [-0.39, 0.29) is 13.2 Å². The second-order valence-corrected chi connectivity index (χ2v) is 7.89. The molecule has 20 heavy (non-hydrogen) atoms. The molecule has 0 atom stereocenters.